The van der Waals surface area contributed by atoms with Crippen LogP contribution < -0.4 is 20.4 Å². The van der Waals surface area contributed by atoms with Crippen molar-refractivity contribution in [2.45, 2.75) is 0 Å². The van der Waals surface area contributed by atoms with Gasteiger partial charge in [0, 0.05) is 22.2 Å². The second-order valence-electron chi connectivity index (χ2n) is 5.16. The number of methoxy groups -OCH3 is 2. The summed E-state index contributed by atoms with van der Waals surface area (Å²) in [7, 11) is 2.99. The molecule has 0 atom stereocenters. The van der Waals surface area contributed by atoms with Gasteiger partial charge in [-0.05, 0) is 36.4 Å². The van der Waals surface area contributed by atoms with Gasteiger partial charge in [-0.3, -0.25) is 4.79 Å². The molecular weight excluding hydrogens is 346 g/mol. The summed E-state index contributed by atoms with van der Waals surface area (Å²) >= 11 is 6.02. The lowest BCUT2D eigenvalue weighted by molar-refractivity contribution is 0.102. The Morgan fingerprint density at radius 1 is 1.08 bits per heavy atom. The Hall–Kier alpha value is -2.99. The van der Waals surface area contributed by atoms with Crippen LogP contribution in [-0.4, -0.2) is 20.1 Å². The van der Waals surface area contributed by atoms with Gasteiger partial charge in [-0.1, -0.05) is 11.6 Å². The number of carbonyl (C=O) groups excluding carboxylic acids is 1. The van der Waals surface area contributed by atoms with Gasteiger partial charge in [0.05, 0.1) is 14.2 Å². The molecule has 0 aliphatic carbocycles. The molecule has 0 fully saturated rings. The van der Waals surface area contributed by atoms with Gasteiger partial charge in [0.25, 0.3) is 5.91 Å². The molecule has 3 aromatic rings. The van der Waals surface area contributed by atoms with E-state index < -0.39 is 11.5 Å². The molecule has 0 aliphatic rings. The summed E-state index contributed by atoms with van der Waals surface area (Å²) in [5.41, 5.74) is -0.140. The predicted molar refractivity (Wildman–Crippen MR) is 95.0 cm³/mol. The molecule has 0 saturated carbocycles. The first-order valence-corrected chi connectivity index (χ1v) is 7.66. The number of rotatable bonds is 4. The van der Waals surface area contributed by atoms with E-state index in [1.54, 1.807) is 37.4 Å². The lowest BCUT2D eigenvalue weighted by Gasteiger charge is -2.08. The van der Waals surface area contributed by atoms with Crippen LogP contribution in [0.5, 0.6) is 11.5 Å². The van der Waals surface area contributed by atoms with Crippen molar-refractivity contribution in [2.75, 3.05) is 19.5 Å². The van der Waals surface area contributed by atoms with Gasteiger partial charge in [-0.25, -0.2) is 4.79 Å². The molecule has 1 N–H and O–H groups in total. The van der Waals surface area contributed by atoms with Crippen molar-refractivity contribution in [1.29, 1.82) is 0 Å². The van der Waals surface area contributed by atoms with E-state index in [0.717, 1.165) is 0 Å². The third-order valence-corrected chi connectivity index (χ3v) is 3.79. The largest absolute Gasteiger partial charge is 0.497 e. The van der Waals surface area contributed by atoms with Crippen molar-refractivity contribution in [3.05, 3.63) is 63.5 Å². The molecule has 1 heterocycles. The van der Waals surface area contributed by atoms with E-state index >= 15 is 0 Å². The van der Waals surface area contributed by atoms with Crippen molar-refractivity contribution in [1.82, 2.24) is 0 Å². The molecule has 0 bridgehead atoms. The van der Waals surface area contributed by atoms with Crippen molar-refractivity contribution in [3.63, 3.8) is 0 Å². The van der Waals surface area contributed by atoms with Gasteiger partial charge >= 0.3 is 5.63 Å². The molecule has 7 heteroatoms. The summed E-state index contributed by atoms with van der Waals surface area (Å²) in [4.78, 5) is 24.6. The van der Waals surface area contributed by atoms with Crippen LogP contribution in [0.2, 0.25) is 5.02 Å². The fourth-order valence-corrected chi connectivity index (χ4v) is 2.57. The molecule has 1 aromatic heterocycles. The zero-order valence-electron chi connectivity index (χ0n) is 13.5. The van der Waals surface area contributed by atoms with Gasteiger partial charge in [0.1, 0.15) is 11.3 Å². The van der Waals surface area contributed by atoms with Crippen molar-refractivity contribution >= 4 is 34.2 Å². The summed E-state index contributed by atoms with van der Waals surface area (Å²) in [6.07, 6.45) is 0. The smallest absolute Gasteiger partial charge is 0.349 e. The van der Waals surface area contributed by atoms with Gasteiger partial charge in [-0.15, -0.1) is 0 Å². The van der Waals surface area contributed by atoms with Crippen molar-refractivity contribution in [3.8, 4) is 11.5 Å². The number of ether oxygens (including phenoxy) is 2. The van der Waals surface area contributed by atoms with E-state index in [9.17, 15) is 9.59 Å². The van der Waals surface area contributed by atoms with Crippen molar-refractivity contribution in [2.24, 2.45) is 0 Å². The van der Waals surface area contributed by atoms with E-state index in [4.69, 9.17) is 25.5 Å². The van der Waals surface area contributed by atoms with Crippen LogP contribution in [0.3, 0.4) is 0 Å². The molecule has 128 valence electrons. The molecule has 3 rings (SSSR count). The maximum absolute atomic E-state index is 12.4. The number of anilines is 1. The van der Waals surface area contributed by atoms with Gasteiger partial charge in [0.2, 0.25) is 0 Å². The molecule has 0 radical (unpaired) electrons. The first kappa shape index (κ1) is 16.9. The minimum atomic E-state index is -0.765. The highest BCUT2D eigenvalue weighted by Gasteiger charge is 2.16. The number of hydrogen-bond donors (Lipinski definition) is 1. The minimum Gasteiger partial charge on any atom is -0.497 e. The third-order valence-electron chi connectivity index (χ3n) is 3.58. The molecule has 1 amide bonds. The Balaban J connectivity index is 1.98. The normalized spacial score (nSPS) is 10.5. The first-order valence-electron chi connectivity index (χ1n) is 7.28. The van der Waals surface area contributed by atoms with E-state index in [1.807, 2.05) is 0 Å². The van der Waals surface area contributed by atoms with Gasteiger partial charge in [-0.2, -0.15) is 0 Å². The number of fused-ring (bicyclic) bond motifs is 1. The number of hydrogen-bond acceptors (Lipinski definition) is 5. The second-order valence-corrected chi connectivity index (χ2v) is 5.59. The Morgan fingerprint density at radius 3 is 2.44 bits per heavy atom. The molecular formula is C18H14ClNO5. The molecule has 0 aliphatic heterocycles. The Kier molecular flexibility index (Phi) is 4.63. The molecule has 2 aromatic carbocycles. The molecule has 6 nitrogen and oxygen atoms in total. The number of carbonyl (C=O) groups is 1. The Labute approximate surface area is 147 Å². The van der Waals surface area contributed by atoms with Gasteiger partial charge in [0.15, 0.2) is 11.3 Å². The highest BCUT2D eigenvalue weighted by Crippen LogP contribution is 2.29. The van der Waals surface area contributed by atoms with Crippen LogP contribution >= 0.6 is 11.6 Å². The number of benzene rings is 2. The predicted octanol–water partition coefficient (Wildman–Crippen LogP) is 3.72. The summed E-state index contributed by atoms with van der Waals surface area (Å²) in [6.45, 7) is 0. The second kappa shape index (κ2) is 6.86. The van der Waals surface area contributed by atoms with Crippen LogP contribution in [0.1, 0.15) is 10.4 Å². The van der Waals surface area contributed by atoms with E-state index in [-0.39, 0.29) is 11.1 Å². The third kappa shape index (κ3) is 3.44. The number of nitrogens with one attached hydrogen (secondary N) is 1. The highest BCUT2D eigenvalue weighted by atomic mass is 35.5. The fourth-order valence-electron chi connectivity index (χ4n) is 2.35. The summed E-state index contributed by atoms with van der Waals surface area (Å²) in [5, 5.41) is 3.53. The van der Waals surface area contributed by atoms with Crippen LogP contribution in [-0.2, 0) is 0 Å². The molecule has 0 unspecified atom stereocenters. The van der Waals surface area contributed by atoms with Crippen LogP contribution in [0.25, 0.3) is 11.0 Å². The van der Waals surface area contributed by atoms with Crippen LogP contribution in [0.4, 0.5) is 5.69 Å². The zero-order chi connectivity index (χ0) is 18.0. The maximum Gasteiger partial charge on any atom is 0.349 e. The van der Waals surface area contributed by atoms with Crippen LogP contribution in [0.15, 0.2) is 51.7 Å². The minimum absolute atomic E-state index is 0.132. The van der Waals surface area contributed by atoms with Crippen molar-refractivity contribution < 1.29 is 18.7 Å². The first-order chi connectivity index (χ1) is 12.0. The average molecular weight is 360 g/mol. The summed E-state index contributed by atoms with van der Waals surface area (Å²) < 4.78 is 15.5. The van der Waals surface area contributed by atoms with E-state index in [0.29, 0.717) is 27.6 Å². The average Bonchev–Trinajstić information content (AvgIpc) is 2.61. The SMILES string of the molecule is COc1ccc(NC(=O)c2cc3cc(Cl)cc(OC)c3oc2=O)cc1. The standard InChI is InChI=1S/C18H14ClNO5/c1-23-13-5-3-12(4-6-13)20-17(21)14-8-10-7-11(19)9-15(24-2)16(10)25-18(14)22/h3-9H,1-2H3,(H,20,21). The van der Waals surface area contributed by atoms with Gasteiger partial charge < -0.3 is 19.2 Å². The lowest BCUT2D eigenvalue weighted by atomic mass is 10.1. The Morgan fingerprint density at radius 2 is 1.80 bits per heavy atom. The maximum atomic E-state index is 12.4. The fraction of sp³-hybridized carbons (Fsp3) is 0.111. The molecule has 25 heavy (non-hydrogen) atoms. The number of halogens is 1. The molecule has 0 spiro atoms. The quantitative estimate of drug-likeness (QED) is 0.718. The highest BCUT2D eigenvalue weighted by molar-refractivity contribution is 6.31. The summed E-state index contributed by atoms with van der Waals surface area (Å²) in [6, 6.07) is 11.3. The van der Waals surface area contributed by atoms with Crippen LogP contribution in [0, 0.1) is 0 Å². The lowest BCUT2D eigenvalue weighted by Crippen LogP contribution is -2.20. The topological polar surface area (TPSA) is 77.8 Å². The zero-order valence-corrected chi connectivity index (χ0v) is 14.2. The Bertz CT molecular complexity index is 995. The van der Waals surface area contributed by atoms with E-state index in [1.165, 1.54) is 19.2 Å². The summed E-state index contributed by atoms with van der Waals surface area (Å²) in [5.74, 6) is 0.395. The van der Waals surface area contributed by atoms with E-state index in [2.05, 4.69) is 5.32 Å². The monoisotopic (exact) mass is 359 g/mol. The number of amides is 1. The molecule has 0 saturated heterocycles.